The van der Waals surface area contributed by atoms with Crippen LogP contribution >= 0.6 is 0 Å². The molecule has 0 aromatic carbocycles. The number of rotatable bonds is 6. The van der Waals surface area contributed by atoms with Gasteiger partial charge in [-0.2, -0.15) is 0 Å². The van der Waals surface area contributed by atoms with Crippen LogP contribution in [-0.4, -0.2) is 39.3 Å². The fraction of sp³-hybridized carbons (Fsp3) is 0.524. The van der Waals surface area contributed by atoms with Gasteiger partial charge in [0, 0.05) is 43.8 Å². The number of ketones is 1. The highest BCUT2D eigenvalue weighted by atomic mass is 16.2. The van der Waals surface area contributed by atoms with Gasteiger partial charge < -0.3 is 14.8 Å². The first kappa shape index (κ1) is 20.0. The second kappa shape index (κ2) is 8.54. The van der Waals surface area contributed by atoms with Crippen LogP contribution in [-0.2, 0) is 11.8 Å². The molecule has 0 saturated heterocycles. The number of aryl methyl sites for hydroxylation is 2. The summed E-state index contributed by atoms with van der Waals surface area (Å²) in [6, 6.07) is 3.50. The molecule has 3 rings (SSSR count). The summed E-state index contributed by atoms with van der Waals surface area (Å²) >= 11 is 0. The molecule has 1 fully saturated rings. The first-order chi connectivity index (χ1) is 13.4. The summed E-state index contributed by atoms with van der Waals surface area (Å²) in [5.74, 6) is -0.463. The zero-order chi connectivity index (χ0) is 20.3. The number of carbonyl (C=O) groups excluding carboxylic acids is 2. The summed E-state index contributed by atoms with van der Waals surface area (Å²) < 4.78 is 1.64. The predicted molar refractivity (Wildman–Crippen MR) is 108 cm³/mol. The van der Waals surface area contributed by atoms with Gasteiger partial charge in [0.25, 0.3) is 11.7 Å². The van der Waals surface area contributed by atoms with Gasteiger partial charge in [-0.05, 0) is 38.8 Å². The third-order valence-corrected chi connectivity index (χ3v) is 5.64. The van der Waals surface area contributed by atoms with E-state index in [1.54, 1.807) is 36.1 Å². The Labute approximate surface area is 166 Å². The van der Waals surface area contributed by atoms with Crippen molar-refractivity contribution in [3.8, 4) is 0 Å². The van der Waals surface area contributed by atoms with E-state index in [0.717, 1.165) is 11.3 Å². The van der Waals surface area contributed by atoms with Gasteiger partial charge in [0.05, 0.1) is 11.7 Å². The number of amides is 1. The Kier molecular flexibility index (Phi) is 6.11. The van der Waals surface area contributed by atoms with Gasteiger partial charge in [-0.3, -0.25) is 9.59 Å². The minimum Gasteiger partial charge on any atom is -0.348 e. The molecule has 1 saturated carbocycles. The van der Waals surface area contributed by atoms with Crippen LogP contribution in [0.4, 0.5) is 5.95 Å². The molecule has 7 heteroatoms. The highest BCUT2D eigenvalue weighted by molar-refractivity contribution is 6.42. The van der Waals surface area contributed by atoms with Crippen LogP contribution in [0.3, 0.4) is 0 Å². The van der Waals surface area contributed by atoms with Crippen molar-refractivity contribution >= 4 is 17.6 Å². The van der Waals surface area contributed by atoms with Gasteiger partial charge in [-0.15, -0.1) is 0 Å². The van der Waals surface area contributed by atoms with Crippen LogP contribution < -0.4 is 10.2 Å². The minimum atomic E-state index is -0.628. The van der Waals surface area contributed by atoms with Gasteiger partial charge in [-0.25, -0.2) is 9.97 Å². The third kappa shape index (κ3) is 4.24. The fourth-order valence-electron chi connectivity index (χ4n) is 3.84. The molecule has 0 spiro atoms. The summed E-state index contributed by atoms with van der Waals surface area (Å²) in [6.07, 6.45) is 9.66. The SMILES string of the molecule is Cc1nc(N(C)C2CCCCC2)ncc1[C@@H](C)NC(=O)C(=O)c1cccn1C. The molecule has 0 radical (unpaired) electrons. The summed E-state index contributed by atoms with van der Waals surface area (Å²) in [7, 11) is 3.79. The van der Waals surface area contributed by atoms with Gasteiger partial charge >= 0.3 is 0 Å². The van der Waals surface area contributed by atoms with Crippen LogP contribution in [0.25, 0.3) is 0 Å². The Balaban J connectivity index is 1.68. The summed E-state index contributed by atoms with van der Waals surface area (Å²) in [6.45, 7) is 3.75. The van der Waals surface area contributed by atoms with E-state index in [2.05, 4.69) is 20.2 Å². The maximum absolute atomic E-state index is 12.3. The Morgan fingerprint density at radius 3 is 2.61 bits per heavy atom. The molecule has 1 aliphatic rings. The van der Waals surface area contributed by atoms with E-state index < -0.39 is 11.7 Å². The molecule has 7 nitrogen and oxygen atoms in total. The summed E-state index contributed by atoms with van der Waals surface area (Å²) in [5.41, 5.74) is 1.99. The number of Topliss-reactive ketones (excluding diaryl/α,β-unsaturated/α-hetero) is 1. The van der Waals surface area contributed by atoms with E-state index in [1.165, 1.54) is 32.1 Å². The van der Waals surface area contributed by atoms with E-state index >= 15 is 0 Å². The van der Waals surface area contributed by atoms with Crippen LogP contribution in [0.2, 0.25) is 0 Å². The molecule has 2 aromatic rings. The number of anilines is 1. The van der Waals surface area contributed by atoms with Crippen LogP contribution in [0.5, 0.6) is 0 Å². The maximum atomic E-state index is 12.3. The van der Waals surface area contributed by atoms with Crippen molar-refractivity contribution in [3.05, 3.63) is 41.5 Å². The van der Waals surface area contributed by atoms with Crippen LogP contribution in [0.15, 0.2) is 24.5 Å². The first-order valence-corrected chi connectivity index (χ1v) is 9.91. The zero-order valence-corrected chi connectivity index (χ0v) is 17.1. The van der Waals surface area contributed by atoms with E-state index in [-0.39, 0.29) is 6.04 Å². The standard InChI is InChI=1S/C21H29N5O2/c1-14(23-20(28)19(27)18-11-8-12-25(18)3)17-13-22-21(24-15(17)2)26(4)16-9-6-5-7-10-16/h8,11-14,16H,5-7,9-10H2,1-4H3,(H,23,28)/t14-/m1/s1. The zero-order valence-electron chi connectivity index (χ0n) is 17.1. The van der Waals surface area contributed by atoms with E-state index in [4.69, 9.17) is 0 Å². The van der Waals surface area contributed by atoms with Gasteiger partial charge in [0.1, 0.15) is 0 Å². The van der Waals surface area contributed by atoms with Gasteiger partial charge in [0.15, 0.2) is 0 Å². The molecule has 1 N–H and O–H groups in total. The minimum absolute atomic E-state index is 0.356. The van der Waals surface area contributed by atoms with Crippen molar-refractivity contribution in [2.75, 3.05) is 11.9 Å². The average molecular weight is 383 g/mol. The van der Waals surface area contributed by atoms with Crippen molar-refractivity contribution < 1.29 is 9.59 Å². The normalized spacial score (nSPS) is 15.9. The van der Waals surface area contributed by atoms with Crippen molar-refractivity contribution in [3.63, 3.8) is 0 Å². The molecule has 0 unspecified atom stereocenters. The second-order valence-corrected chi connectivity index (χ2v) is 7.64. The van der Waals surface area contributed by atoms with E-state index in [1.807, 2.05) is 20.9 Å². The smallest absolute Gasteiger partial charge is 0.294 e. The fourth-order valence-corrected chi connectivity index (χ4v) is 3.84. The average Bonchev–Trinajstić information content (AvgIpc) is 3.13. The highest BCUT2D eigenvalue weighted by Crippen LogP contribution is 2.25. The monoisotopic (exact) mass is 383 g/mol. The lowest BCUT2D eigenvalue weighted by molar-refractivity contribution is -0.117. The Morgan fingerprint density at radius 1 is 1.29 bits per heavy atom. The van der Waals surface area contributed by atoms with Gasteiger partial charge in [-0.1, -0.05) is 19.3 Å². The maximum Gasteiger partial charge on any atom is 0.294 e. The third-order valence-electron chi connectivity index (χ3n) is 5.64. The molecule has 150 valence electrons. The Hall–Kier alpha value is -2.70. The van der Waals surface area contributed by atoms with Crippen molar-refractivity contribution in [1.82, 2.24) is 19.9 Å². The Bertz CT molecular complexity index is 854. The van der Waals surface area contributed by atoms with Crippen LogP contribution in [0, 0.1) is 6.92 Å². The predicted octanol–water partition coefficient (Wildman–Crippen LogP) is 2.95. The quantitative estimate of drug-likeness (QED) is 0.613. The lowest BCUT2D eigenvalue weighted by atomic mass is 9.95. The molecule has 1 atom stereocenters. The summed E-state index contributed by atoms with van der Waals surface area (Å²) in [4.78, 5) is 36.0. The number of carbonyl (C=O) groups is 2. The lowest BCUT2D eigenvalue weighted by Gasteiger charge is -2.31. The highest BCUT2D eigenvalue weighted by Gasteiger charge is 2.24. The van der Waals surface area contributed by atoms with Crippen molar-refractivity contribution in [2.24, 2.45) is 7.05 Å². The first-order valence-electron chi connectivity index (χ1n) is 9.91. The molecular formula is C21H29N5O2. The van der Waals surface area contributed by atoms with Crippen molar-refractivity contribution in [2.45, 2.75) is 58.0 Å². The van der Waals surface area contributed by atoms with Crippen LogP contribution in [0.1, 0.15) is 66.8 Å². The molecule has 2 heterocycles. The molecule has 1 amide bonds. The largest absolute Gasteiger partial charge is 0.348 e. The lowest BCUT2D eigenvalue weighted by Crippen LogP contribution is -2.36. The van der Waals surface area contributed by atoms with Gasteiger partial charge in [0.2, 0.25) is 5.95 Å². The molecule has 1 aliphatic carbocycles. The number of hydrogen-bond donors (Lipinski definition) is 1. The second-order valence-electron chi connectivity index (χ2n) is 7.64. The molecular weight excluding hydrogens is 354 g/mol. The molecule has 2 aromatic heterocycles. The number of hydrogen-bond acceptors (Lipinski definition) is 5. The number of nitrogens with one attached hydrogen (secondary N) is 1. The number of aromatic nitrogens is 3. The Morgan fingerprint density at radius 2 is 2.00 bits per heavy atom. The topological polar surface area (TPSA) is 80.1 Å². The van der Waals surface area contributed by atoms with Crippen molar-refractivity contribution in [1.29, 1.82) is 0 Å². The van der Waals surface area contributed by atoms with E-state index in [0.29, 0.717) is 17.7 Å². The van der Waals surface area contributed by atoms with E-state index in [9.17, 15) is 9.59 Å². The molecule has 28 heavy (non-hydrogen) atoms. The molecule has 0 bridgehead atoms. The molecule has 0 aliphatic heterocycles. The summed E-state index contributed by atoms with van der Waals surface area (Å²) in [5, 5.41) is 2.77. The number of nitrogens with zero attached hydrogens (tertiary/aromatic N) is 4.